The summed E-state index contributed by atoms with van der Waals surface area (Å²) >= 11 is 5.92. The Hall–Kier alpha value is -3.61. The Morgan fingerprint density at radius 3 is 2.26 bits per heavy atom. The van der Waals surface area contributed by atoms with E-state index in [9.17, 15) is 39.9 Å². The first-order chi connectivity index (χ1) is 18.1. The Morgan fingerprint density at radius 2 is 1.69 bits per heavy atom. The van der Waals surface area contributed by atoms with Gasteiger partial charge in [0.15, 0.2) is 0 Å². The van der Waals surface area contributed by atoms with Crippen molar-refractivity contribution in [1.82, 2.24) is 15.6 Å². The second-order valence-corrected chi connectivity index (χ2v) is 8.87. The SMILES string of the molecule is CC(NC(=O)N[C@@](Cc1ccccc1)(c1cc(F)cc(OC(F)(F)C(F)F)c1)c1ccc(Cl)cn1)C(F)(F)F. The molecule has 210 valence electrons. The van der Waals surface area contributed by atoms with Gasteiger partial charge < -0.3 is 15.4 Å². The summed E-state index contributed by atoms with van der Waals surface area (Å²) in [5.74, 6) is -2.27. The van der Waals surface area contributed by atoms with Crippen molar-refractivity contribution in [3.8, 4) is 5.75 Å². The van der Waals surface area contributed by atoms with E-state index >= 15 is 0 Å². The number of carbonyl (C=O) groups excluding carboxylic acids is 1. The third-order valence-corrected chi connectivity index (χ3v) is 5.74. The van der Waals surface area contributed by atoms with Crippen LogP contribution < -0.4 is 15.4 Å². The van der Waals surface area contributed by atoms with E-state index in [0.717, 1.165) is 18.3 Å². The van der Waals surface area contributed by atoms with Gasteiger partial charge in [-0.3, -0.25) is 4.98 Å². The van der Waals surface area contributed by atoms with E-state index in [2.05, 4.69) is 15.0 Å². The van der Waals surface area contributed by atoms with Crippen molar-refractivity contribution >= 4 is 17.6 Å². The summed E-state index contributed by atoms with van der Waals surface area (Å²) in [5.41, 5.74) is -2.04. The van der Waals surface area contributed by atoms with Crippen molar-refractivity contribution in [2.24, 2.45) is 0 Å². The predicted octanol–water partition coefficient (Wildman–Crippen LogP) is 6.85. The highest BCUT2D eigenvalue weighted by Gasteiger charge is 2.45. The molecule has 0 fully saturated rings. The van der Waals surface area contributed by atoms with Gasteiger partial charge in [-0.05, 0) is 42.3 Å². The lowest BCUT2D eigenvalue weighted by Crippen LogP contribution is -2.56. The Kier molecular flexibility index (Phi) is 8.94. The maximum atomic E-state index is 14.7. The van der Waals surface area contributed by atoms with E-state index in [1.54, 1.807) is 35.6 Å². The van der Waals surface area contributed by atoms with Crippen molar-refractivity contribution in [3.05, 3.63) is 94.5 Å². The molecule has 3 rings (SSSR count). The maximum absolute atomic E-state index is 14.7. The monoisotopic (exact) mass is 581 g/mol. The van der Waals surface area contributed by atoms with Gasteiger partial charge in [0.25, 0.3) is 0 Å². The minimum absolute atomic E-state index is 0.0947. The zero-order valence-corrected chi connectivity index (χ0v) is 20.6. The van der Waals surface area contributed by atoms with E-state index in [-0.39, 0.29) is 22.7 Å². The van der Waals surface area contributed by atoms with Gasteiger partial charge in [0.05, 0.1) is 10.7 Å². The van der Waals surface area contributed by atoms with Crippen LogP contribution in [0.15, 0.2) is 66.9 Å². The number of ether oxygens (including phenoxy) is 1. The van der Waals surface area contributed by atoms with Gasteiger partial charge in [0, 0.05) is 18.7 Å². The highest BCUT2D eigenvalue weighted by molar-refractivity contribution is 6.30. The fourth-order valence-electron chi connectivity index (χ4n) is 3.63. The van der Waals surface area contributed by atoms with E-state index in [0.29, 0.717) is 18.6 Å². The minimum Gasteiger partial charge on any atom is -0.428 e. The van der Waals surface area contributed by atoms with Gasteiger partial charge >= 0.3 is 24.7 Å². The van der Waals surface area contributed by atoms with Gasteiger partial charge in [-0.25, -0.2) is 9.18 Å². The number of aromatic nitrogens is 1. The van der Waals surface area contributed by atoms with Gasteiger partial charge in [-0.2, -0.15) is 30.7 Å². The number of hydrogen-bond donors (Lipinski definition) is 2. The molecule has 14 heteroatoms. The van der Waals surface area contributed by atoms with Crippen molar-refractivity contribution in [1.29, 1.82) is 0 Å². The van der Waals surface area contributed by atoms with E-state index < -0.39 is 47.9 Å². The molecule has 0 aliphatic rings. The van der Waals surface area contributed by atoms with E-state index in [4.69, 9.17) is 11.6 Å². The van der Waals surface area contributed by atoms with Crippen LogP contribution in [0.25, 0.3) is 0 Å². The predicted molar refractivity (Wildman–Crippen MR) is 125 cm³/mol. The molecule has 1 heterocycles. The Morgan fingerprint density at radius 1 is 1.03 bits per heavy atom. The molecule has 0 radical (unpaired) electrons. The number of urea groups is 1. The molecule has 3 aromatic rings. The molecule has 0 bridgehead atoms. The zero-order chi connectivity index (χ0) is 29.0. The molecule has 2 amide bonds. The molecule has 0 spiro atoms. The summed E-state index contributed by atoms with van der Waals surface area (Å²) in [4.78, 5) is 17.0. The molecule has 0 aliphatic carbocycles. The number of alkyl halides is 7. The summed E-state index contributed by atoms with van der Waals surface area (Å²) in [6.07, 6.45) is -13.2. The highest BCUT2D eigenvalue weighted by atomic mass is 35.5. The van der Waals surface area contributed by atoms with Crippen LogP contribution in [0, 0.1) is 5.82 Å². The van der Waals surface area contributed by atoms with Crippen LogP contribution in [0.1, 0.15) is 23.7 Å². The third-order valence-electron chi connectivity index (χ3n) is 5.51. The molecule has 2 N–H and O–H groups in total. The van der Waals surface area contributed by atoms with Crippen LogP contribution in [0.2, 0.25) is 5.02 Å². The molecule has 1 unspecified atom stereocenters. The van der Waals surface area contributed by atoms with Crippen molar-refractivity contribution in [2.45, 2.75) is 43.6 Å². The second-order valence-electron chi connectivity index (χ2n) is 8.43. The molecule has 2 atom stereocenters. The first-order valence-electron chi connectivity index (χ1n) is 11.1. The molecular weight excluding hydrogens is 562 g/mol. The van der Waals surface area contributed by atoms with Crippen LogP contribution in [-0.4, -0.2) is 35.8 Å². The lowest BCUT2D eigenvalue weighted by atomic mass is 9.80. The molecular formula is C25H20ClF8N3O2. The quantitative estimate of drug-likeness (QED) is 0.272. The van der Waals surface area contributed by atoms with Gasteiger partial charge in [-0.1, -0.05) is 41.9 Å². The molecule has 5 nitrogen and oxygen atoms in total. The topological polar surface area (TPSA) is 63.2 Å². The van der Waals surface area contributed by atoms with E-state index in [1.165, 1.54) is 12.1 Å². The summed E-state index contributed by atoms with van der Waals surface area (Å²) in [6.45, 7) is 0.680. The number of pyridine rings is 1. The highest BCUT2D eigenvalue weighted by Crippen LogP contribution is 2.37. The lowest BCUT2D eigenvalue weighted by Gasteiger charge is -2.36. The minimum atomic E-state index is -5.00. The maximum Gasteiger partial charge on any atom is 0.461 e. The molecule has 0 saturated heterocycles. The van der Waals surface area contributed by atoms with Gasteiger partial charge in [0.2, 0.25) is 0 Å². The first kappa shape index (κ1) is 29.9. The number of halogens is 9. The van der Waals surface area contributed by atoms with Crippen LogP contribution in [0.5, 0.6) is 5.75 Å². The van der Waals surface area contributed by atoms with Crippen LogP contribution in [0.4, 0.5) is 39.9 Å². The molecule has 0 saturated carbocycles. The summed E-state index contributed by atoms with van der Waals surface area (Å²) < 4.78 is 111. The normalized spacial score (nSPS) is 14.4. The van der Waals surface area contributed by atoms with Gasteiger partial charge in [-0.15, -0.1) is 0 Å². The average Bonchev–Trinajstić information content (AvgIpc) is 2.83. The number of carbonyl (C=O) groups is 1. The molecule has 2 aromatic carbocycles. The van der Waals surface area contributed by atoms with Crippen molar-refractivity contribution < 1.29 is 44.7 Å². The number of benzene rings is 2. The second kappa shape index (κ2) is 11.6. The Balaban J connectivity index is 2.23. The van der Waals surface area contributed by atoms with Crippen LogP contribution in [0.3, 0.4) is 0 Å². The first-order valence-corrected chi connectivity index (χ1v) is 11.5. The smallest absolute Gasteiger partial charge is 0.428 e. The van der Waals surface area contributed by atoms with Crippen molar-refractivity contribution in [3.63, 3.8) is 0 Å². The summed E-state index contributed by atoms with van der Waals surface area (Å²) in [6, 6.07) is 8.85. The molecule has 1 aromatic heterocycles. The lowest BCUT2D eigenvalue weighted by molar-refractivity contribution is -0.253. The number of hydrogen-bond acceptors (Lipinski definition) is 3. The molecule has 0 aliphatic heterocycles. The van der Waals surface area contributed by atoms with Crippen molar-refractivity contribution in [2.75, 3.05) is 0 Å². The Bertz CT molecular complexity index is 1280. The van der Waals surface area contributed by atoms with Gasteiger partial charge in [0.1, 0.15) is 23.1 Å². The standard InChI is InChI=1S/C25H20ClF8N3O2/c1-14(24(30,31)32)36-22(38)37-23(12-15-5-3-2-4-6-15,20-8-7-17(26)13-35-20)16-9-18(27)11-19(10-16)39-25(33,34)21(28)29/h2-11,13-14,21H,12H2,1H3,(H2,36,37,38)/t14?,23-/m0/s1. The van der Waals surface area contributed by atoms with Crippen LogP contribution in [-0.2, 0) is 12.0 Å². The number of nitrogens with one attached hydrogen (secondary N) is 2. The largest absolute Gasteiger partial charge is 0.461 e. The fourth-order valence-corrected chi connectivity index (χ4v) is 3.74. The number of rotatable bonds is 9. The number of amides is 2. The zero-order valence-electron chi connectivity index (χ0n) is 19.9. The molecule has 39 heavy (non-hydrogen) atoms. The summed E-state index contributed by atoms with van der Waals surface area (Å²) in [5, 5.41) is 4.21. The fraction of sp³-hybridized carbons (Fsp3) is 0.280. The summed E-state index contributed by atoms with van der Waals surface area (Å²) in [7, 11) is 0. The average molecular weight is 582 g/mol. The number of nitrogens with zero attached hydrogens (tertiary/aromatic N) is 1. The van der Waals surface area contributed by atoms with E-state index in [1.807, 2.05) is 0 Å². The van der Waals surface area contributed by atoms with Crippen LogP contribution >= 0.6 is 11.6 Å². The Labute approximate surface area is 222 Å². The third kappa shape index (κ3) is 7.49.